The molecule has 3 aromatic rings. The normalized spacial score (nSPS) is 10.6. The van der Waals surface area contributed by atoms with Crippen molar-refractivity contribution in [2.24, 2.45) is 0 Å². The molecule has 0 radical (unpaired) electrons. The van der Waals surface area contributed by atoms with Crippen LogP contribution in [0, 0.1) is 6.92 Å². The van der Waals surface area contributed by atoms with Crippen LogP contribution in [0.4, 0.5) is 5.69 Å². The van der Waals surface area contributed by atoms with E-state index in [1.807, 2.05) is 13.8 Å². The largest absolute Gasteiger partial charge is 0.497 e. The standard InChI is InChI=1S/C17H20N6O3/c1-5-23-11(2)15(16(21-23)22-9-18-19-10-22)20-17(24)12-6-13(25-3)8-14(7-12)26-4/h6-10H,5H2,1-4H3,(H,20,24). The fourth-order valence-electron chi connectivity index (χ4n) is 2.60. The van der Waals surface area contributed by atoms with Gasteiger partial charge in [0.25, 0.3) is 5.91 Å². The van der Waals surface area contributed by atoms with E-state index in [4.69, 9.17) is 9.47 Å². The van der Waals surface area contributed by atoms with E-state index in [0.717, 1.165) is 5.69 Å². The number of aromatic nitrogens is 5. The first-order valence-corrected chi connectivity index (χ1v) is 8.04. The first kappa shape index (κ1) is 17.5. The summed E-state index contributed by atoms with van der Waals surface area (Å²) in [6.07, 6.45) is 3.07. The summed E-state index contributed by atoms with van der Waals surface area (Å²) in [6.45, 7) is 4.55. The van der Waals surface area contributed by atoms with E-state index in [9.17, 15) is 4.79 Å². The predicted octanol–water partition coefficient (Wildman–Crippen LogP) is 2.06. The smallest absolute Gasteiger partial charge is 0.256 e. The van der Waals surface area contributed by atoms with Crippen molar-refractivity contribution in [3.8, 4) is 17.3 Å². The van der Waals surface area contributed by atoms with Crippen LogP contribution in [0.15, 0.2) is 30.9 Å². The molecule has 0 aliphatic carbocycles. The van der Waals surface area contributed by atoms with Crippen LogP contribution in [0.3, 0.4) is 0 Å². The minimum atomic E-state index is -0.296. The number of ether oxygens (including phenoxy) is 2. The third-order valence-electron chi connectivity index (χ3n) is 4.00. The predicted molar refractivity (Wildman–Crippen MR) is 95.1 cm³/mol. The van der Waals surface area contributed by atoms with Gasteiger partial charge in [-0.25, -0.2) is 0 Å². The summed E-state index contributed by atoms with van der Waals surface area (Å²) in [5, 5.41) is 15.1. The fourth-order valence-corrected chi connectivity index (χ4v) is 2.60. The highest BCUT2D eigenvalue weighted by atomic mass is 16.5. The van der Waals surface area contributed by atoms with Gasteiger partial charge >= 0.3 is 0 Å². The lowest BCUT2D eigenvalue weighted by Gasteiger charge is -2.10. The van der Waals surface area contributed by atoms with Crippen molar-refractivity contribution >= 4 is 11.6 Å². The minimum absolute atomic E-state index is 0.296. The first-order chi connectivity index (χ1) is 12.6. The molecule has 0 bridgehead atoms. The average molecular weight is 356 g/mol. The molecule has 26 heavy (non-hydrogen) atoms. The summed E-state index contributed by atoms with van der Waals surface area (Å²) in [5.41, 5.74) is 1.84. The number of anilines is 1. The van der Waals surface area contributed by atoms with E-state index in [1.54, 1.807) is 27.4 Å². The highest BCUT2D eigenvalue weighted by Gasteiger charge is 2.19. The Balaban J connectivity index is 1.99. The fraction of sp³-hybridized carbons (Fsp3) is 0.294. The highest BCUT2D eigenvalue weighted by Crippen LogP contribution is 2.27. The number of methoxy groups -OCH3 is 2. The number of nitrogens with one attached hydrogen (secondary N) is 1. The second-order valence-electron chi connectivity index (χ2n) is 5.52. The van der Waals surface area contributed by atoms with Gasteiger partial charge in [-0.05, 0) is 26.0 Å². The zero-order valence-corrected chi connectivity index (χ0v) is 15.1. The molecule has 2 aromatic heterocycles. The van der Waals surface area contributed by atoms with Crippen LogP contribution in [0.1, 0.15) is 23.0 Å². The summed E-state index contributed by atoms with van der Waals surface area (Å²) in [4.78, 5) is 12.8. The second-order valence-corrected chi connectivity index (χ2v) is 5.52. The van der Waals surface area contributed by atoms with E-state index >= 15 is 0 Å². The molecule has 1 amide bonds. The van der Waals surface area contributed by atoms with Crippen LogP contribution in [-0.2, 0) is 6.54 Å². The van der Waals surface area contributed by atoms with Crippen LogP contribution < -0.4 is 14.8 Å². The quantitative estimate of drug-likeness (QED) is 0.726. The molecular formula is C17H20N6O3. The maximum absolute atomic E-state index is 12.8. The number of aryl methyl sites for hydroxylation is 1. The Morgan fingerprint density at radius 3 is 2.27 bits per heavy atom. The summed E-state index contributed by atoms with van der Waals surface area (Å²) in [7, 11) is 3.08. The summed E-state index contributed by atoms with van der Waals surface area (Å²) in [6, 6.07) is 5.01. The van der Waals surface area contributed by atoms with Gasteiger partial charge in [-0.3, -0.25) is 14.0 Å². The van der Waals surface area contributed by atoms with Crippen molar-refractivity contribution in [3.63, 3.8) is 0 Å². The average Bonchev–Trinajstić information content (AvgIpc) is 3.30. The Bertz CT molecular complexity index is 895. The van der Waals surface area contributed by atoms with Crippen molar-refractivity contribution < 1.29 is 14.3 Å². The van der Waals surface area contributed by atoms with Gasteiger partial charge in [0.15, 0.2) is 5.82 Å². The summed E-state index contributed by atoms with van der Waals surface area (Å²) < 4.78 is 13.9. The molecule has 0 aliphatic rings. The van der Waals surface area contributed by atoms with Gasteiger partial charge in [0.2, 0.25) is 0 Å². The van der Waals surface area contributed by atoms with Crippen molar-refractivity contribution in [2.45, 2.75) is 20.4 Å². The molecule has 0 aliphatic heterocycles. The first-order valence-electron chi connectivity index (χ1n) is 8.04. The second kappa shape index (κ2) is 7.26. The third kappa shape index (κ3) is 3.23. The molecular weight excluding hydrogens is 336 g/mol. The lowest BCUT2D eigenvalue weighted by Crippen LogP contribution is -2.14. The van der Waals surface area contributed by atoms with Gasteiger partial charge in [0.1, 0.15) is 29.8 Å². The minimum Gasteiger partial charge on any atom is -0.497 e. The van der Waals surface area contributed by atoms with Crippen LogP contribution >= 0.6 is 0 Å². The van der Waals surface area contributed by atoms with Crippen LogP contribution in [-0.4, -0.2) is 44.7 Å². The van der Waals surface area contributed by atoms with Crippen LogP contribution in [0.2, 0.25) is 0 Å². The molecule has 0 atom stereocenters. The Labute approximate surface area is 150 Å². The monoisotopic (exact) mass is 356 g/mol. The number of carbonyl (C=O) groups excluding carboxylic acids is 1. The van der Waals surface area contributed by atoms with E-state index in [1.165, 1.54) is 26.9 Å². The van der Waals surface area contributed by atoms with E-state index in [-0.39, 0.29) is 5.91 Å². The van der Waals surface area contributed by atoms with Gasteiger partial charge in [-0.15, -0.1) is 10.2 Å². The molecule has 0 fully saturated rings. The van der Waals surface area contributed by atoms with Gasteiger partial charge in [-0.1, -0.05) is 0 Å². The number of benzene rings is 1. The molecule has 3 rings (SSSR count). The number of nitrogens with zero attached hydrogens (tertiary/aromatic N) is 5. The molecule has 0 unspecified atom stereocenters. The van der Waals surface area contributed by atoms with E-state index in [0.29, 0.717) is 35.1 Å². The van der Waals surface area contributed by atoms with Crippen LogP contribution in [0.25, 0.3) is 5.82 Å². The number of hydrogen-bond donors (Lipinski definition) is 1. The zero-order valence-electron chi connectivity index (χ0n) is 15.1. The van der Waals surface area contributed by atoms with Crippen molar-refractivity contribution in [1.29, 1.82) is 0 Å². The topological polar surface area (TPSA) is 96.1 Å². The van der Waals surface area contributed by atoms with Gasteiger partial charge in [0, 0.05) is 18.2 Å². The Morgan fingerprint density at radius 2 is 1.73 bits per heavy atom. The number of carbonyl (C=O) groups is 1. The highest BCUT2D eigenvalue weighted by molar-refractivity contribution is 6.06. The van der Waals surface area contributed by atoms with E-state index in [2.05, 4.69) is 20.6 Å². The van der Waals surface area contributed by atoms with E-state index < -0.39 is 0 Å². The zero-order chi connectivity index (χ0) is 18.7. The molecule has 0 spiro atoms. The number of hydrogen-bond acceptors (Lipinski definition) is 6. The summed E-state index contributed by atoms with van der Waals surface area (Å²) in [5.74, 6) is 1.33. The lowest BCUT2D eigenvalue weighted by molar-refractivity contribution is 0.102. The number of amides is 1. The molecule has 2 heterocycles. The molecule has 0 saturated carbocycles. The SMILES string of the molecule is CCn1nc(-n2cnnc2)c(NC(=O)c2cc(OC)cc(OC)c2)c1C. The van der Waals surface area contributed by atoms with Crippen molar-refractivity contribution in [3.05, 3.63) is 42.1 Å². The van der Waals surface area contributed by atoms with Gasteiger partial charge < -0.3 is 14.8 Å². The molecule has 136 valence electrons. The maximum atomic E-state index is 12.8. The third-order valence-corrected chi connectivity index (χ3v) is 4.00. The van der Waals surface area contributed by atoms with Crippen molar-refractivity contribution in [2.75, 3.05) is 19.5 Å². The Hall–Kier alpha value is -3.36. The molecule has 1 aromatic carbocycles. The van der Waals surface area contributed by atoms with Crippen LogP contribution in [0.5, 0.6) is 11.5 Å². The molecule has 1 N–H and O–H groups in total. The summed E-state index contributed by atoms with van der Waals surface area (Å²) >= 11 is 0. The van der Waals surface area contributed by atoms with Crippen molar-refractivity contribution in [1.82, 2.24) is 24.5 Å². The maximum Gasteiger partial charge on any atom is 0.256 e. The molecule has 9 nitrogen and oxygen atoms in total. The van der Waals surface area contributed by atoms with Gasteiger partial charge in [-0.2, -0.15) is 5.10 Å². The Kier molecular flexibility index (Phi) is 4.87. The lowest BCUT2D eigenvalue weighted by atomic mass is 10.2. The Morgan fingerprint density at radius 1 is 1.12 bits per heavy atom. The molecule has 0 saturated heterocycles. The number of rotatable bonds is 6. The van der Waals surface area contributed by atoms with Gasteiger partial charge in [0.05, 0.1) is 19.9 Å². The molecule has 9 heteroatoms.